The van der Waals surface area contributed by atoms with Crippen molar-refractivity contribution in [2.45, 2.75) is 33.6 Å². The maximum Gasteiger partial charge on any atom is -0.00650 e. The predicted molar refractivity (Wildman–Crippen MR) is 47.1 cm³/mol. The normalized spacial score (nSPS) is 20.3. The van der Waals surface area contributed by atoms with Gasteiger partial charge < -0.3 is 0 Å². The predicted octanol–water partition coefficient (Wildman–Crippen LogP) is 3.18. The first-order chi connectivity index (χ1) is 4.39. The Labute approximate surface area is 63.4 Å². The van der Waals surface area contributed by atoms with Gasteiger partial charge in [0.25, 0.3) is 0 Å². The van der Waals surface area contributed by atoms with Gasteiger partial charge in [-0.1, -0.05) is 20.8 Å². The van der Waals surface area contributed by atoms with Crippen molar-refractivity contribution in [1.29, 1.82) is 0 Å². The first kappa shape index (κ1) is 9.35. The van der Waals surface area contributed by atoms with E-state index in [0.29, 0.717) is 0 Å². The Balaban J connectivity index is 0.000000291. The molecule has 0 N–H and O–H groups in total. The summed E-state index contributed by atoms with van der Waals surface area (Å²) >= 11 is 2.10. The molecule has 0 aliphatic carbocycles. The van der Waals surface area contributed by atoms with Gasteiger partial charge in [-0.05, 0) is 30.3 Å². The van der Waals surface area contributed by atoms with Gasteiger partial charge in [0.05, 0.1) is 0 Å². The maximum atomic E-state index is 2.35. The molecule has 1 aliphatic rings. The molecule has 1 aliphatic heterocycles. The van der Waals surface area contributed by atoms with Gasteiger partial charge >= 0.3 is 0 Å². The molecule has 1 rings (SSSR count). The van der Waals surface area contributed by atoms with E-state index in [0.717, 1.165) is 5.92 Å². The van der Waals surface area contributed by atoms with E-state index in [2.05, 4.69) is 18.7 Å². The molecule has 0 radical (unpaired) electrons. The molecule has 1 fully saturated rings. The van der Waals surface area contributed by atoms with Gasteiger partial charge in [-0.25, -0.2) is 0 Å². The molecule has 9 heavy (non-hydrogen) atoms. The monoisotopic (exact) mass is 146 g/mol. The third kappa shape index (κ3) is 4.83. The van der Waals surface area contributed by atoms with Crippen molar-refractivity contribution < 1.29 is 0 Å². The molecular formula is C8H18S. The summed E-state index contributed by atoms with van der Waals surface area (Å²) < 4.78 is 0. The number of hydrogen-bond acceptors (Lipinski definition) is 1. The van der Waals surface area contributed by atoms with Crippen LogP contribution in [0.2, 0.25) is 0 Å². The fourth-order valence-electron chi connectivity index (χ4n) is 0.815. The summed E-state index contributed by atoms with van der Waals surface area (Å²) in [5.74, 6) is 3.82. The minimum atomic E-state index is 1.02. The molecule has 0 aromatic carbocycles. The summed E-state index contributed by atoms with van der Waals surface area (Å²) in [6, 6.07) is 0. The van der Waals surface area contributed by atoms with Crippen molar-refractivity contribution in [1.82, 2.24) is 0 Å². The molecule has 0 unspecified atom stereocenters. The van der Waals surface area contributed by atoms with Crippen LogP contribution in [0.1, 0.15) is 33.6 Å². The Morgan fingerprint density at radius 3 is 1.78 bits per heavy atom. The van der Waals surface area contributed by atoms with Crippen LogP contribution in [0.25, 0.3) is 0 Å². The van der Waals surface area contributed by atoms with Crippen LogP contribution in [0.15, 0.2) is 0 Å². The number of rotatable bonds is 0. The van der Waals surface area contributed by atoms with E-state index in [4.69, 9.17) is 0 Å². The average Bonchev–Trinajstić information content (AvgIpc) is 1.94. The van der Waals surface area contributed by atoms with Crippen LogP contribution in [0, 0.1) is 5.92 Å². The van der Waals surface area contributed by atoms with Crippen LogP contribution in [-0.4, -0.2) is 11.5 Å². The second-order valence-electron chi connectivity index (χ2n) is 2.29. The molecule has 56 valence electrons. The highest BCUT2D eigenvalue weighted by atomic mass is 32.2. The van der Waals surface area contributed by atoms with Gasteiger partial charge in [-0.3, -0.25) is 0 Å². The molecule has 0 saturated carbocycles. The third-order valence-electron chi connectivity index (χ3n) is 1.51. The van der Waals surface area contributed by atoms with E-state index in [1.807, 2.05) is 13.8 Å². The van der Waals surface area contributed by atoms with Gasteiger partial charge in [-0.2, -0.15) is 11.8 Å². The van der Waals surface area contributed by atoms with Crippen LogP contribution in [0.4, 0.5) is 0 Å². The molecule has 0 bridgehead atoms. The zero-order valence-electron chi connectivity index (χ0n) is 6.81. The summed E-state index contributed by atoms with van der Waals surface area (Å²) in [7, 11) is 0. The zero-order valence-corrected chi connectivity index (χ0v) is 7.63. The Hall–Kier alpha value is 0.350. The lowest BCUT2D eigenvalue weighted by Gasteiger charge is -2.15. The molecular weight excluding hydrogens is 128 g/mol. The Morgan fingerprint density at radius 2 is 1.56 bits per heavy atom. The Kier molecular flexibility index (Phi) is 6.72. The first-order valence-corrected chi connectivity index (χ1v) is 5.13. The largest absolute Gasteiger partial charge is 0.162 e. The topological polar surface area (TPSA) is 0 Å². The third-order valence-corrected chi connectivity index (χ3v) is 2.56. The van der Waals surface area contributed by atoms with Crippen molar-refractivity contribution in [3.05, 3.63) is 0 Å². The summed E-state index contributed by atoms with van der Waals surface area (Å²) in [4.78, 5) is 0. The molecule has 0 nitrogen and oxygen atoms in total. The molecule has 0 amide bonds. The van der Waals surface area contributed by atoms with Crippen molar-refractivity contribution >= 4 is 11.8 Å². The Bertz CT molecular complexity index is 46.5. The smallest absolute Gasteiger partial charge is 0.00650 e. The summed E-state index contributed by atoms with van der Waals surface area (Å²) in [6.45, 7) is 6.35. The van der Waals surface area contributed by atoms with Crippen molar-refractivity contribution in [3.63, 3.8) is 0 Å². The summed E-state index contributed by atoms with van der Waals surface area (Å²) in [5.41, 5.74) is 0. The molecule has 1 heteroatoms. The number of thioether (sulfide) groups is 1. The standard InChI is InChI=1S/C6H12S.C2H6/c1-6-2-4-7-5-3-6;1-2/h6H,2-5H2,1H3;1-2H3. The molecule has 0 atom stereocenters. The van der Waals surface area contributed by atoms with Crippen molar-refractivity contribution in [3.8, 4) is 0 Å². The maximum absolute atomic E-state index is 2.35. The minimum absolute atomic E-state index is 1.02. The van der Waals surface area contributed by atoms with Gasteiger partial charge in [0.15, 0.2) is 0 Å². The van der Waals surface area contributed by atoms with E-state index in [1.165, 1.54) is 24.3 Å². The highest BCUT2D eigenvalue weighted by Gasteiger charge is 2.06. The fraction of sp³-hybridized carbons (Fsp3) is 1.00. The second-order valence-corrected chi connectivity index (χ2v) is 3.52. The van der Waals surface area contributed by atoms with E-state index in [1.54, 1.807) is 0 Å². The van der Waals surface area contributed by atoms with E-state index >= 15 is 0 Å². The van der Waals surface area contributed by atoms with E-state index in [-0.39, 0.29) is 0 Å². The fourth-order valence-corrected chi connectivity index (χ4v) is 2.16. The van der Waals surface area contributed by atoms with Crippen molar-refractivity contribution in [2.24, 2.45) is 5.92 Å². The van der Waals surface area contributed by atoms with Crippen LogP contribution < -0.4 is 0 Å². The lowest BCUT2D eigenvalue weighted by atomic mass is 10.1. The molecule has 0 spiro atoms. The van der Waals surface area contributed by atoms with Crippen LogP contribution >= 0.6 is 11.8 Å². The van der Waals surface area contributed by atoms with Crippen molar-refractivity contribution in [2.75, 3.05) is 11.5 Å². The highest BCUT2D eigenvalue weighted by molar-refractivity contribution is 7.99. The molecule has 0 aromatic rings. The van der Waals surface area contributed by atoms with Gasteiger partial charge in [0.2, 0.25) is 0 Å². The quantitative estimate of drug-likeness (QED) is 0.506. The van der Waals surface area contributed by atoms with Crippen LogP contribution in [-0.2, 0) is 0 Å². The molecule has 0 aromatic heterocycles. The van der Waals surface area contributed by atoms with Gasteiger partial charge in [-0.15, -0.1) is 0 Å². The number of hydrogen-bond donors (Lipinski definition) is 0. The van der Waals surface area contributed by atoms with Gasteiger partial charge in [0, 0.05) is 0 Å². The SMILES string of the molecule is CC.CC1CCSCC1. The van der Waals surface area contributed by atoms with Gasteiger partial charge in [0.1, 0.15) is 0 Å². The lowest BCUT2D eigenvalue weighted by Crippen LogP contribution is -2.04. The highest BCUT2D eigenvalue weighted by Crippen LogP contribution is 2.21. The van der Waals surface area contributed by atoms with Crippen LogP contribution in [0.5, 0.6) is 0 Å². The molecule has 1 heterocycles. The second kappa shape index (κ2) is 6.47. The summed E-state index contributed by atoms with van der Waals surface area (Å²) in [6.07, 6.45) is 2.90. The summed E-state index contributed by atoms with van der Waals surface area (Å²) in [5, 5.41) is 0. The van der Waals surface area contributed by atoms with E-state index < -0.39 is 0 Å². The molecule has 1 saturated heterocycles. The van der Waals surface area contributed by atoms with Crippen LogP contribution in [0.3, 0.4) is 0 Å². The Morgan fingerprint density at radius 1 is 1.11 bits per heavy atom. The lowest BCUT2D eigenvalue weighted by molar-refractivity contribution is 0.541. The minimum Gasteiger partial charge on any atom is -0.162 e. The zero-order chi connectivity index (χ0) is 7.11. The van der Waals surface area contributed by atoms with E-state index in [9.17, 15) is 0 Å². The first-order valence-electron chi connectivity index (χ1n) is 3.97. The average molecular weight is 146 g/mol.